The number of nitrogens with zero attached hydrogens (tertiary/aromatic N) is 2. The molecule has 1 amide bonds. The zero-order chi connectivity index (χ0) is 15.8. The van der Waals surface area contributed by atoms with Gasteiger partial charge in [-0.1, -0.05) is 44.2 Å². The van der Waals surface area contributed by atoms with Gasteiger partial charge >= 0.3 is 0 Å². The van der Waals surface area contributed by atoms with Crippen molar-refractivity contribution in [2.75, 3.05) is 18.4 Å². The monoisotopic (exact) mass is 298 g/mol. The molecule has 0 fully saturated rings. The third-order valence-electron chi connectivity index (χ3n) is 3.12. The van der Waals surface area contributed by atoms with Crippen LogP contribution in [0, 0.1) is 5.92 Å². The van der Waals surface area contributed by atoms with Crippen LogP contribution in [-0.2, 0) is 6.42 Å². The Labute approximate surface area is 131 Å². The quantitative estimate of drug-likeness (QED) is 0.824. The molecule has 2 aromatic rings. The smallest absolute Gasteiger partial charge is 0.254 e. The molecule has 0 aliphatic heterocycles. The summed E-state index contributed by atoms with van der Waals surface area (Å²) in [5.41, 5.74) is 1.68. The van der Waals surface area contributed by atoms with Gasteiger partial charge in [0.25, 0.3) is 5.91 Å². The van der Waals surface area contributed by atoms with Crippen molar-refractivity contribution < 1.29 is 4.79 Å². The molecule has 22 heavy (non-hydrogen) atoms. The van der Waals surface area contributed by atoms with Gasteiger partial charge in [0.15, 0.2) is 0 Å². The molecule has 0 saturated heterocycles. The van der Waals surface area contributed by atoms with Crippen LogP contribution in [0.1, 0.15) is 29.8 Å². The van der Waals surface area contributed by atoms with E-state index in [9.17, 15) is 4.79 Å². The van der Waals surface area contributed by atoms with E-state index in [0.29, 0.717) is 24.0 Å². The summed E-state index contributed by atoms with van der Waals surface area (Å²) in [5.74, 6) is 0.922. The summed E-state index contributed by atoms with van der Waals surface area (Å²) in [6.45, 7) is 5.63. The average molecular weight is 298 g/mol. The molecule has 0 aliphatic rings. The van der Waals surface area contributed by atoms with Crippen LogP contribution in [0.15, 0.2) is 42.7 Å². The highest BCUT2D eigenvalue weighted by atomic mass is 16.1. The summed E-state index contributed by atoms with van der Waals surface area (Å²) in [6.07, 6.45) is 3.91. The van der Waals surface area contributed by atoms with Gasteiger partial charge in [-0.05, 0) is 17.9 Å². The predicted molar refractivity (Wildman–Crippen MR) is 87.8 cm³/mol. The highest BCUT2D eigenvalue weighted by Gasteiger charge is 2.06. The Morgan fingerprint density at radius 2 is 1.82 bits per heavy atom. The lowest BCUT2D eigenvalue weighted by molar-refractivity contribution is 0.0953. The summed E-state index contributed by atoms with van der Waals surface area (Å²) in [7, 11) is 0. The molecule has 1 heterocycles. The number of benzene rings is 1. The number of anilines is 1. The minimum absolute atomic E-state index is 0.147. The van der Waals surface area contributed by atoms with E-state index in [1.165, 1.54) is 5.56 Å². The van der Waals surface area contributed by atoms with Crippen molar-refractivity contribution >= 4 is 11.9 Å². The Balaban J connectivity index is 1.79. The predicted octanol–water partition coefficient (Wildman–Crippen LogP) is 2.52. The van der Waals surface area contributed by atoms with Gasteiger partial charge in [-0.25, -0.2) is 9.97 Å². The van der Waals surface area contributed by atoms with Crippen molar-refractivity contribution in [1.29, 1.82) is 0 Å². The molecular formula is C17H22N4O. The summed E-state index contributed by atoms with van der Waals surface area (Å²) in [5, 5.41) is 6.00. The van der Waals surface area contributed by atoms with Crippen LogP contribution in [0.3, 0.4) is 0 Å². The van der Waals surface area contributed by atoms with Crippen molar-refractivity contribution in [2.45, 2.75) is 20.3 Å². The number of carbonyl (C=O) groups excluding carboxylic acids is 1. The van der Waals surface area contributed by atoms with Gasteiger partial charge in [0.2, 0.25) is 5.95 Å². The van der Waals surface area contributed by atoms with Crippen molar-refractivity contribution in [3.05, 3.63) is 53.9 Å². The molecular weight excluding hydrogens is 276 g/mol. The number of rotatable bonds is 7. The molecule has 2 rings (SSSR count). The zero-order valence-electron chi connectivity index (χ0n) is 13.0. The first-order valence-electron chi connectivity index (χ1n) is 7.53. The topological polar surface area (TPSA) is 66.9 Å². The Hall–Kier alpha value is -2.43. The number of amides is 1. The van der Waals surface area contributed by atoms with Crippen molar-refractivity contribution in [1.82, 2.24) is 15.3 Å². The second kappa shape index (κ2) is 8.12. The maximum Gasteiger partial charge on any atom is 0.254 e. The summed E-state index contributed by atoms with van der Waals surface area (Å²) >= 11 is 0. The number of nitrogens with one attached hydrogen (secondary N) is 2. The summed E-state index contributed by atoms with van der Waals surface area (Å²) < 4.78 is 0. The van der Waals surface area contributed by atoms with Gasteiger partial charge in [-0.3, -0.25) is 4.79 Å². The molecule has 0 bridgehead atoms. The number of hydrogen-bond donors (Lipinski definition) is 2. The molecule has 116 valence electrons. The van der Waals surface area contributed by atoms with Crippen LogP contribution < -0.4 is 10.6 Å². The molecule has 2 N–H and O–H groups in total. The second-order valence-electron chi connectivity index (χ2n) is 5.56. The number of aromatic nitrogens is 2. The van der Waals surface area contributed by atoms with Crippen LogP contribution in [0.5, 0.6) is 0 Å². The zero-order valence-corrected chi connectivity index (χ0v) is 13.0. The lowest BCUT2D eigenvalue weighted by atomic mass is 10.1. The molecule has 1 aromatic heterocycles. The molecule has 5 heteroatoms. The van der Waals surface area contributed by atoms with Gasteiger partial charge in [0, 0.05) is 25.5 Å². The van der Waals surface area contributed by atoms with E-state index in [2.05, 4.69) is 34.4 Å². The van der Waals surface area contributed by atoms with Gasteiger partial charge < -0.3 is 10.6 Å². The Morgan fingerprint density at radius 1 is 1.14 bits per heavy atom. The first-order chi connectivity index (χ1) is 10.6. The minimum Gasteiger partial charge on any atom is -0.354 e. The van der Waals surface area contributed by atoms with Crippen LogP contribution in [-0.4, -0.2) is 29.0 Å². The Morgan fingerprint density at radius 3 is 2.45 bits per heavy atom. The van der Waals surface area contributed by atoms with E-state index in [4.69, 9.17) is 0 Å². The van der Waals surface area contributed by atoms with Crippen LogP contribution in [0.25, 0.3) is 0 Å². The first-order valence-corrected chi connectivity index (χ1v) is 7.53. The second-order valence-corrected chi connectivity index (χ2v) is 5.56. The fourth-order valence-electron chi connectivity index (χ4n) is 1.90. The van der Waals surface area contributed by atoms with E-state index in [1.807, 2.05) is 30.3 Å². The molecule has 0 saturated carbocycles. The van der Waals surface area contributed by atoms with Gasteiger partial charge in [-0.2, -0.15) is 0 Å². The maximum absolute atomic E-state index is 12.0. The van der Waals surface area contributed by atoms with Gasteiger partial charge in [-0.15, -0.1) is 0 Å². The first kappa shape index (κ1) is 15.9. The lowest BCUT2D eigenvalue weighted by Crippen LogP contribution is -2.26. The van der Waals surface area contributed by atoms with E-state index in [0.717, 1.165) is 13.0 Å². The standard InChI is InChI=1S/C17H22N4O/c1-13(2)10-19-17-20-11-15(12-21-17)16(22)18-9-8-14-6-4-3-5-7-14/h3-7,11-13H,8-10H2,1-2H3,(H,18,22)(H,19,20,21). The number of carbonyl (C=O) groups is 1. The molecule has 0 unspecified atom stereocenters. The normalized spacial score (nSPS) is 10.5. The van der Waals surface area contributed by atoms with Gasteiger partial charge in [0.1, 0.15) is 0 Å². The molecule has 0 aliphatic carbocycles. The van der Waals surface area contributed by atoms with Crippen LogP contribution >= 0.6 is 0 Å². The van der Waals surface area contributed by atoms with E-state index in [1.54, 1.807) is 12.4 Å². The van der Waals surface area contributed by atoms with Gasteiger partial charge in [0.05, 0.1) is 5.56 Å². The third kappa shape index (κ3) is 5.16. The fraction of sp³-hybridized carbons (Fsp3) is 0.353. The molecule has 1 aromatic carbocycles. The number of hydrogen-bond acceptors (Lipinski definition) is 4. The molecule has 0 radical (unpaired) electrons. The Kier molecular flexibility index (Phi) is 5.89. The lowest BCUT2D eigenvalue weighted by Gasteiger charge is -2.08. The highest BCUT2D eigenvalue weighted by molar-refractivity contribution is 5.93. The van der Waals surface area contributed by atoms with E-state index in [-0.39, 0.29) is 5.91 Å². The Bertz CT molecular complexity index is 581. The van der Waals surface area contributed by atoms with Crippen molar-refractivity contribution in [2.24, 2.45) is 5.92 Å². The summed E-state index contributed by atoms with van der Waals surface area (Å²) in [4.78, 5) is 20.3. The van der Waals surface area contributed by atoms with Crippen molar-refractivity contribution in [3.8, 4) is 0 Å². The van der Waals surface area contributed by atoms with Crippen molar-refractivity contribution in [3.63, 3.8) is 0 Å². The summed E-state index contributed by atoms with van der Waals surface area (Å²) in [6, 6.07) is 10.1. The average Bonchev–Trinajstić information content (AvgIpc) is 2.54. The highest BCUT2D eigenvalue weighted by Crippen LogP contribution is 2.03. The molecule has 0 atom stereocenters. The molecule has 5 nitrogen and oxygen atoms in total. The minimum atomic E-state index is -0.147. The largest absolute Gasteiger partial charge is 0.354 e. The molecule has 0 spiro atoms. The van der Waals surface area contributed by atoms with E-state index >= 15 is 0 Å². The SMILES string of the molecule is CC(C)CNc1ncc(C(=O)NCCc2ccccc2)cn1. The van der Waals surface area contributed by atoms with Crippen LogP contribution in [0.4, 0.5) is 5.95 Å². The van der Waals surface area contributed by atoms with E-state index < -0.39 is 0 Å². The van der Waals surface area contributed by atoms with Crippen LogP contribution in [0.2, 0.25) is 0 Å². The maximum atomic E-state index is 12.0. The fourth-order valence-corrected chi connectivity index (χ4v) is 1.90. The third-order valence-corrected chi connectivity index (χ3v) is 3.12.